The Balaban J connectivity index is 2.95. The molecule has 0 heterocycles. The Morgan fingerprint density at radius 1 is 1.29 bits per heavy atom. The van der Waals surface area contributed by atoms with Crippen molar-refractivity contribution in [3.63, 3.8) is 0 Å². The Labute approximate surface area is 87.1 Å². The van der Waals surface area contributed by atoms with E-state index in [1.54, 1.807) is 0 Å². The molecule has 0 N–H and O–H groups in total. The second-order valence-electron chi connectivity index (χ2n) is 3.76. The van der Waals surface area contributed by atoms with Crippen molar-refractivity contribution in [2.24, 2.45) is 0 Å². The molecule has 0 amide bonds. The second-order valence-corrected chi connectivity index (χ2v) is 3.76. The molecule has 0 spiro atoms. The first-order chi connectivity index (χ1) is 6.69. The van der Waals surface area contributed by atoms with E-state index in [9.17, 15) is 0 Å². The summed E-state index contributed by atoms with van der Waals surface area (Å²) >= 11 is 0. The number of hydrogen-bond acceptors (Lipinski definition) is 1. The average molecular weight is 192 g/mol. The highest BCUT2D eigenvalue weighted by Gasteiger charge is 2.07. The molecule has 1 heteroatoms. The monoisotopic (exact) mass is 192 g/mol. The Morgan fingerprint density at radius 2 is 2.00 bits per heavy atom. The lowest BCUT2D eigenvalue weighted by Crippen LogP contribution is -1.98. The van der Waals surface area contributed by atoms with E-state index in [2.05, 4.69) is 32.9 Å². The van der Waals surface area contributed by atoms with Crippen LogP contribution in [0.4, 0.5) is 0 Å². The molecule has 0 saturated heterocycles. The van der Waals surface area contributed by atoms with Crippen LogP contribution in [0.1, 0.15) is 44.2 Å². The van der Waals surface area contributed by atoms with Crippen molar-refractivity contribution in [1.82, 2.24) is 0 Å². The molecule has 1 aromatic rings. The van der Waals surface area contributed by atoms with Crippen LogP contribution in [0.25, 0.3) is 0 Å². The van der Waals surface area contributed by atoms with Crippen LogP contribution in [-0.2, 0) is 0 Å². The summed E-state index contributed by atoms with van der Waals surface area (Å²) in [5.74, 6) is 1.61. The summed E-state index contributed by atoms with van der Waals surface area (Å²) in [7, 11) is 0. The van der Waals surface area contributed by atoms with Gasteiger partial charge >= 0.3 is 0 Å². The quantitative estimate of drug-likeness (QED) is 0.703. The average Bonchev–Trinajstić information content (AvgIpc) is 2.20. The van der Waals surface area contributed by atoms with Gasteiger partial charge in [0.05, 0.1) is 6.61 Å². The van der Waals surface area contributed by atoms with Crippen LogP contribution in [-0.4, -0.2) is 6.61 Å². The van der Waals surface area contributed by atoms with E-state index >= 15 is 0 Å². The standard InChI is InChI=1S/C13H20O/c1-5-10(3)13-9-12(14-6-2)8-7-11(13)4/h7-10H,5-6H2,1-4H3. The third kappa shape index (κ3) is 2.50. The predicted molar refractivity (Wildman–Crippen MR) is 61.1 cm³/mol. The van der Waals surface area contributed by atoms with Crippen LogP contribution >= 0.6 is 0 Å². The van der Waals surface area contributed by atoms with Crippen LogP contribution in [0, 0.1) is 6.92 Å². The van der Waals surface area contributed by atoms with Crippen LogP contribution in [0.15, 0.2) is 18.2 Å². The fourth-order valence-corrected chi connectivity index (χ4v) is 1.63. The number of benzene rings is 1. The highest BCUT2D eigenvalue weighted by molar-refractivity contribution is 5.36. The zero-order chi connectivity index (χ0) is 10.6. The van der Waals surface area contributed by atoms with Crippen LogP contribution in [0.2, 0.25) is 0 Å². The Bertz CT molecular complexity index is 291. The molecule has 1 atom stereocenters. The van der Waals surface area contributed by atoms with Gasteiger partial charge in [0.15, 0.2) is 0 Å². The molecular weight excluding hydrogens is 172 g/mol. The maximum Gasteiger partial charge on any atom is 0.119 e. The van der Waals surface area contributed by atoms with Crippen molar-refractivity contribution in [2.75, 3.05) is 6.61 Å². The van der Waals surface area contributed by atoms with Crippen molar-refractivity contribution in [2.45, 2.75) is 40.0 Å². The zero-order valence-electron chi connectivity index (χ0n) is 9.63. The van der Waals surface area contributed by atoms with Gasteiger partial charge in [-0.25, -0.2) is 0 Å². The van der Waals surface area contributed by atoms with E-state index in [0.717, 1.165) is 12.4 Å². The number of hydrogen-bond donors (Lipinski definition) is 0. The fourth-order valence-electron chi connectivity index (χ4n) is 1.63. The number of ether oxygens (including phenoxy) is 1. The second kappa shape index (κ2) is 5.04. The molecule has 1 unspecified atom stereocenters. The van der Waals surface area contributed by atoms with Gasteiger partial charge in [-0.3, -0.25) is 0 Å². The first-order valence-electron chi connectivity index (χ1n) is 5.42. The van der Waals surface area contributed by atoms with E-state index in [-0.39, 0.29) is 0 Å². The number of rotatable bonds is 4. The normalized spacial score (nSPS) is 12.6. The molecule has 1 rings (SSSR count). The van der Waals surface area contributed by atoms with Crippen molar-refractivity contribution >= 4 is 0 Å². The molecule has 0 aliphatic heterocycles. The molecule has 1 aromatic carbocycles. The van der Waals surface area contributed by atoms with E-state index in [0.29, 0.717) is 5.92 Å². The van der Waals surface area contributed by atoms with Crippen molar-refractivity contribution in [3.8, 4) is 5.75 Å². The highest BCUT2D eigenvalue weighted by atomic mass is 16.5. The summed E-state index contributed by atoms with van der Waals surface area (Å²) in [5.41, 5.74) is 2.78. The van der Waals surface area contributed by atoms with Gasteiger partial charge < -0.3 is 4.74 Å². The first kappa shape index (κ1) is 11.1. The fraction of sp³-hybridized carbons (Fsp3) is 0.538. The molecule has 0 fully saturated rings. The number of aryl methyl sites for hydroxylation is 1. The molecule has 0 bridgehead atoms. The van der Waals surface area contributed by atoms with Crippen LogP contribution in [0.5, 0.6) is 5.75 Å². The van der Waals surface area contributed by atoms with E-state index in [1.165, 1.54) is 17.5 Å². The molecule has 0 aliphatic carbocycles. The minimum absolute atomic E-state index is 0.621. The molecule has 78 valence electrons. The summed E-state index contributed by atoms with van der Waals surface area (Å²) in [6.45, 7) is 9.40. The van der Waals surface area contributed by atoms with Crippen molar-refractivity contribution < 1.29 is 4.74 Å². The smallest absolute Gasteiger partial charge is 0.119 e. The maximum absolute atomic E-state index is 5.50. The molecule has 1 nitrogen and oxygen atoms in total. The van der Waals surface area contributed by atoms with Crippen LogP contribution < -0.4 is 4.74 Å². The van der Waals surface area contributed by atoms with E-state index < -0.39 is 0 Å². The SMILES string of the molecule is CCOc1ccc(C)c(C(C)CC)c1. The van der Waals surface area contributed by atoms with Gasteiger partial charge in [0.2, 0.25) is 0 Å². The molecule has 0 aromatic heterocycles. The van der Waals surface area contributed by atoms with Gasteiger partial charge in [-0.15, -0.1) is 0 Å². The zero-order valence-corrected chi connectivity index (χ0v) is 9.63. The third-order valence-corrected chi connectivity index (χ3v) is 2.70. The lowest BCUT2D eigenvalue weighted by molar-refractivity contribution is 0.339. The first-order valence-corrected chi connectivity index (χ1v) is 5.42. The van der Waals surface area contributed by atoms with Crippen molar-refractivity contribution in [1.29, 1.82) is 0 Å². The minimum atomic E-state index is 0.621. The Kier molecular flexibility index (Phi) is 3.99. The summed E-state index contributed by atoms with van der Waals surface area (Å²) in [5, 5.41) is 0. The Morgan fingerprint density at radius 3 is 2.57 bits per heavy atom. The predicted octanol–water partition coefficient (Wildman–Crippen LogP) is 3.91. The lowest BCUT2D eigenvalue weighted by Gasteiger charge is -2.14. The summed E-state index contributed by atoms with van der Waals surface area (Å²) in [6.07, 6.45) is 1.18. The Hall–Kier alpha value is -0.980. The van der Waals surface area contributed by atoms with Gasteiger partial charge in [0.1, 0.15) is 5.75 Å². The summed E-state index contributed by atoms with van der Waals surface area (Å²) in [6, 6.07) is 6.37. The largest absolute Gasteiger partial charge is 0.494 e. The van der Waals surface area contributed by atoms with Crippen molar-refractivity contribution in [3.05, 3.63) is 29.3 Å². The van der Waals surface area contributed by atoms with Gasteiger partial charge in [0.25, 0.3) is 0 Å². The highest BCUT2D eigenvalue weighted by Crippen LogP contribution is 2.26. The van der Waals surface area contributed by atoms with E-state index in [4.69, 9.17) is 4.74 Å². The molecule has 0 saturated carbocycles. The molecular formula is C13H20O. The maximum atomic E-state index is 5.50. The molecule has 0 aliphatic rings. The van der Waals surface area contributed by atoms with E-state index in [1.807, 2.05) is 13.0 Å². The topological polar surface area (TPSA) is 9.23 Å². The lowest BCUT2D eigenvalue weighted by atomic mass is 9.94. The molecule has 14 heavy (non-hydrogen) atoms. The summed E-state index contributed by atoms with van der Waals surface area (Å²) in [4.78, 5) is 0. The van der Waals surface area contributed by atoms with Crippen LogP contribution in [0.3, 0.4) is 0 Å². The summed E-state index contributed by atoms with van der Waals surface area (Å²) < 4.78 is 5.50. The van der Waals surface area contributed by atoms with Gasteiger partial charge in [-0.1, -0.05) is 19.9 Å². The minimum Gasteiger partial charge on any atom is -0.494 e. The van der Waals surface area contributed by atoms with Gasteiger partial charge in [-0.05, 0) is 49.4 Å². The third-order valence-electron chi connectivity index (χ3n) is 2.70. The molecule has 0 radical (unpaired) electrons. The van der Waals surface area contributed by atoms with Gasteiger partial charge in [-0.2, -0.15) is 0 Å². The van der Waals surface area contributed by atoms with Gasteiger partial charge in [0, 0.05) is 0 Å².